The van der Waals surface area contributed by atoms with E-state index < -0.39 is 0 Å². The van der Waals surface area contributed by atoms with Crippen molar-refractivity contribution < 1.29 is 9.47 Å². The van der Waals surface area contributed by atoms with Gasteiger partial charge in [0.25, 0.3) is 0 Å². The van der Waals surface area contributed by atoms with Crippen LogP contribution in [0.15, 0.2) is 115 Å². The zero-order chi connectivity index (χ0) is 25.9. The van der Waals surface area contributed by atoms with Gasteiger partial charge in [-0.25, -0.2) is 4.98 Å². The Balaban J connectivity index is 0.000000655. The summed E-state index contributed by atoms with van der Waals surface area (Å²) in [5.74, 6) is 2.93. The molecule has 0 saturated heterocycles. The number of allylic oxidation sites excluding steroid dienone is 2. The van der Waals surface area contributed by atoms with Gasteiger partial charge in [0.15, 0.2) is 23.0 Å². The molecule has 1 aromatic heterocycles. The molecule has 3 nitrogen and oxygen atoms in total. The molecule has 0 bridgehead atoms. The number of halogens is 1. The first-order valence-electron chi connectivity index (χ1n) is 12.0. The molecule has 4 heteroatoms. The molecule has 0 aliphatic carbocycles. The summed E-state index contributed by atoms with van der Waals surface area (Å²) in [6, 6.07) is 26.6. The van der Waals surface area contributed by atoms with Crippen LogP contribution in [0.3, 0.4) is 0 Å². The minimum absolute atomic E-state index is 0.730. The van der Waals surface area contributed by atoms with E-state index in [2.05, 4.69) is 90.4 Å². The Morgan fingerprint density at radius 1 is 0.649 bits per heavy atom. The van der Waals surface area contributed by atoms with Crippen molar-refractivity contribution in [3.63, 3.8) is 0 Å². The molecule has 1 aliphatic heterocycles. The van der Waals surface area contributed by atoms with Crippen LogP contribution in [0.4, 0.5) is 0 Å². The van der Waals surface area contributed by atoms with E-state index in [9.17, 15) is 0 Å². The molecule has 4 aromatic carbocycles. The Morgan fingerprint density at radius 2 is 1.16 bits per heavy atom. The Kier molecular flexibility index (Phi) is 6.93. The molecule has 5 aromatic rings. The largest absolute Gasteiger partial charge is 0.450 e. The summed E-state index contributed by atoms with van der Waals surface area (Å²) in [5, 5.41) is 2.41. The molecule has 0 atom stereocenters. The van der Waals surface area contributed by atoms with Crippen molar-refractivity contribution in [3.8, 4) is 45.3 Å². The zero-order valence-electron chi connectivity index (χ0n) is 20.8. The predicted molar refractivity (Wildman–Crippen MR) is 157 cm³/mol. The standard InChI is InChI=1S/C29H20BrNO2.C4H6/c1-17-18(2)29(20-12-14-27(30)31-16-20)22-8-4-3-7-21(22)28(17)19-11-13-25-26(15-19)33-24-10-6-5-9-23(24)32-25;1-3-4-2/h3-16H,1-2H3;3-4H,1-2H2. The lowest BCUT2D eigenvalue weighted by Crippen LogP contribution is -2.00. The number of fused-ring (bicyclic) bond motifs is 3. The van der Waals surface area contributed by atoms with Gasteiger partial charge in [-0.3, -0.25) is 0 Å². The highest BCUT2D eigenvalue weighted by Crippen LogP contribution is 2.48. The quantitative estimate of drug-likeness (QED) is 0.163. The number of pyridine rings is 1. The van der Waals surface area contributed by atoms with Crippen molar-refractivity contribution in [2.75, 3.05) is 0 Å². The third-order valence-electron chi connectivity index (χ3n) is 6.48. The smallest absolute Gasteiger partial charge is 0.170 e. The first-order chi connectivity index (χ1) is 18.0. The molecule has 1 aliphatic rings. The summed E-state index contributed by atoms with van der Waals surface area (Å²) < 4.78 is 13.1. The fourth-order valence-electron chi connectivity index (χ4n) is 4.65. The number of aromatic nitrogens is 1. The predicted octanol–water partition coefficient (Wildman–Crippen LogP) is 10.2. The second kappa shape index (κ2) is 10.5. The Bertz CT molecular complexity index is 1630. The molecule has 0 unspecified atom stereocenters. The molecule has 0 N–H and O–H groups in total. The van der Waals surface area contributed by atoms with Crippen molar-refractivity contribution in [3.05, 3.63) is 126 Å². The highest BCUT2D eigenvalue weighted by Gasteiger charge is 2.21. The van der Waals surface area contributed by atoms with Gasteiger partial charge in [-0.1, -0.05) is 73.8 Å². The fraction of sp³-hybridized carbons (Fsp3) is 0.0606. The van der Waals surface area contributed by atoms with Crippen molar-refractivity contribution in [1.29, 1.82) is 0 Å². The number of benzene rings is 4. The van der Waals surface area contributed by atoms with Crippen molar-refractivity contribution in [2.24, 2.45) is 0 Å². The van der Waals surface area contributed by atoms with E-state index in [1.807, 2.05) is 42.6 Å². The summed E-state index contributed by atoms with van der Waals surface area (Å²) in [6.07, 6.45) is 5.21. The van der Waals surface area contributed by atoms with Gasteiger partial charge in [0, 0.05) is 11.8 Å². The van der Waals surface area contributed by atoms with E-state index >= 15 is 0 Å². The van der Waals surface area contributed by atoms with Crippen molar-refractivity contribution >= 4 is 26.7 Å². The molecular formula is C33H26BrNO2. The van der Waals surface area contributed by atoms with Gasteiger partial charge in [0.2, 0.25) is 0 Å². The van der Waals surface area contributed by atoms with Crippen LogP contribution in [0.2, 0.25) is 0 Å². The molecule has 0 radical (unpaired) electrons. The molecule has 6 rings (SSSR count). The lowest BCUT2D eigenvalue weighted by Gasteiger charge is -2.23. The third kappa shape index (κ3) is 4.68. The summed E-state index contributed by atoms with van der Waals surface area (Å²) >= 11 is 3.45. The Labute approximate surface area is 225 Å². The number of hydrogen-bond donors (Lipinski definition) is 0. The number of nitrogens with zero attached hydrogens (tertiary/aromatic N) is 1. The number of ether oxygens (including phenoxy) is 2. The van der Waals surface area contributed by atoms with Gasteiger partial charge >= 0.3 is 0 Å². The Hall–Kier alpha value is -4.15. The molecule has 0 fully saturated rings. The van der Waals surface area contributed by atoms with Crippen LogP contribution >= 0.6 is 15.9 Å². The van der Waals surface area contributed by atoms with Crippen LogP contribution < -0.4 is 9.47 Å². The maximum absolute atomic E-state index is 6.19. The van der Waals surface area contributed by atoms with Crippen molar-refractivity contribution in [2.45, 2.75) is 13.8 Å². The molecule has 0 saturated carbocycles. The lowest BCUT2D eigenvalue weighted by atomic mass is 9.85. The molecular weight excluding hydrogens is 522 g/mol. The van der Waals surface area contributed by atoms with E-state index in [0.29, 0.717) is 0 Å². The van der Waals surface area contributed by atoms with E-state index in [1.54, 1.807) is 12.2 Å². The third-order valence-corrected chi connectivity index (χ3v) is 6.95. The van der Waals surface area contributed by atoms with E-state index in [4.69, 9.17) is 9.47 Å². The normalized spacial score (nSPS) is 11.2. The second-order valence-electron chi connectivity index (χ2n) is 8.70. The molecule has 182 valence electrons. The van der Waals surface area contributed by atoms with Gasteiger partial charge in [0.1, 0.15) is 4.60 Å². The van der Waals surface area contributed by atoms with Crippen LogP contribution in [-0.4, -0.2) is 4.98 Å². The summed E-state index contributed by atoms with van der Waals surface area (Å²) in [5.41, 5.74) is 7.13. The van der Waals surface area contributed by atoms with Crippen LogP contribution in [0.25, 0.3) is 33.0 Å². The van der Waals surface area contributed by atoms with Crippen LogP contribution in [0, 0.1) is 13.8 Å². The SMILES string of the molecule is C=CC=C.Cc1c(C)c(-c2ccc3c(c2)Oc2ccccc2O3)c2ccccc2c1-c1ccc(Br)nc1. The number of hydrogen-bond acceptors (Lipinski definition) is 3. The lowest BCUT2D eigenvalue weighted by molar-refractivity contribution is 0.360. The van der Waals surface area contributed by atoms with Gasteiger partial charge < -0.3 is 9.47 Å². The van der Waals surface area contributed by atoms with Gasteiger partial charge in [0.05, 0.1) is 0 Å². The Morgan fingerprint density at radius 3 is 1.73 bits per heavy atom. The topological polar surface area (TPSA) is 31.4 Å². The maximum Gasteiger partial charge on any atom is 0.170 e. The molecule has 0 amide bonds. The first kappa shape index (κ1) is 24.5. The van der Waals surface area contributed by atoms with Crippen molar-refractivity contribution in [1.82, 2.24) is 4.98 Å². The fourth-order valence-corrected chi connectivity index (χ4v) is 4.88. The zero-order valence-corrected chi connectivity index (χ0v) is 22.4. The number of rotatable bonds is 3. The van der Waals surface area contributed by atoms with E-state index in [0.717, 1.165) is 38.7 Å². The minimum Gasteiger partial charge on any atom is -0.450 e. The average molecular weight is 548 g/mol. The highest BCUT2D eigenvalue weighted by molar-refractivity contribution is 9.10. The highest BCUT2D eigenvalue weighted by atomic mass is 79.9. The second-order valence-corrected chi connectivity index (χ2v) is 9.51. The number of para-hydroxylation sites is 2. The van der Waals surface area contributed by atoms with Crippen LogP contribution in [0.5, 0.6) is 23.0 Å². The monoisotopic (exact) mass is 547 g/mol. The summed E-state index contributed by atoms with van der Waals surface area (Å²) in [7, 11) is 0. The van der Waals surface area contributed by atoms with Crippen LogP contribution in [-0.2, 0) is 0 Å². The van der Waals surface area contributed by atoms with Gasteiger partial charge in [-0.2, -0.15) is 0 Å². The average Bonchev–Trinajstić information content (AvgIpc) is 2.93. The van der Waals surface area contributed by atoms with E-state index in [-0.39, 0.29) is 0 Å². The minimum atomic E-state index is 0.730. The molecule has 37 heavy (non-hydrogen) atoms. The van der Waals surface area contributed by atoms with E-state index in [1.165, 1.54) is 33.0 Å². The summed E-state index contributed by atoms with van der Waals surface area (Å²) in [4.78, 5) is 4.47. The van der Waals surface area contributed by atoms with Gasteiger partial charge in [-0.05, 0) is 98.7 Å². The van der Waals surface area contributed by atoms with Gasteiger partial charge in [-0.15, -0.1) is 0 Å². The maximum atomic E-state index is 6.19. The summed E-state index contributed by atoms with van der Waals surface area (Å²) in [6.45, 7) is 11.1. The molecule has 0 spiro atoms. The molecule has 2 heterocycles. The first-order valence-corrected chi connectivity index (χ1v) is 12.8. The van der Waals surface area contributed by atoms with Crippen LogP contribution in [0.1, 0.15) is 11.1 Å².